The number of carbonyl (C=O) groups is 1. The van der Waals surface area contributed by atoms with E-state index >= 15 is 0 Å². The molecule has 1 amide bonds. The molecule has 2 N–H and O–H groups in total. The molecule has 2 fully saturated rings. The van der Waals surface area contributed by atoms with E-state index in [1.807, 2.05) is 48.5 Å². The third-order valence-corrected chi connectivity index (χ3v) is 6.90. The molecule has 0 saturated carbocycles. The van der Waals surface area contributed by atoms with E-state index in [-0.39, 0.29) is 11.7 Å². The lowest BCUT2D eigenvalue weighted by molar-refractivity contribution is -0.117. The minimum absolute atomic E-state index is 0.0984. The van der Waals surface area contributed by atoms with Crippen molar-refractivity contribution in [3.63, 3.8) is 0 Å². The predicted octanol–water partition coefficient (Wildman–Crippen LogP) is 5.09. The Morgan fingerprint density at radius 2 is 1.74 bits per heavy atom. The van der Waals surface area contributed by atoms with Crippen LogP contribution in [0.2, 0.25) is 5.02 Å². The van der Waals surface area contributed by atoms with Gasteiger partial charge in [-0.2, -0.15) is 0 Å². The normalized spacial score (nSPS) is 20.7. The predicted molar refractivity (Wildman–Crippen MR) is 138 cm³/mol. The Balaban J connectivity index is 1.47. The highest BCUT2D eigenvalue weighted by atomic mass is 35.5. The molecule has 1 unspecified atom stereocenters. The van der Waals surface area contributed by atoms with Crippen LogP contribution in [0.4, 0.5) is 11.5 Å². The molecule has 2 aromatic carbocycles. The van der Waals surface area contributed by atoms with Crippen LogP contribution in [0.25, 0.3) is 22.3 Å². The number of phenolic OH excluding ortho intramolecular Hbond substituents is 1. The number of carbonyl (C=O) groups excluding carboxylic acids is 1. The summed E-state index contributed by atoms with van der Waals surface area (Å²) in [6.45, 7) is 6.82. The second kappa shape index (κ2) is 9.28. The molecule has 1 aromatic heterocycles. The number of aromatic nitrogens is 1. The minimum atomic E-state index is 0.0984. The Bertz CT molecular complexity index is 1220. The van der Waals surface area contributed by atoms with Crippen LogP contribution in [0, 0.1) is 0 Å². The minimum Gasteiger partial charge on any atom is -0.507 e. The first kappa shape index (κ1) is 22.7. The molecule has 0 aliphatic carbocycles. The number of pyridine rings is 1. The second-order valence-electron chi connectivity index (χ2n) is 9.29. The molecule has 6 nitrogen and oxygen atoms in total. The molecular formula is C27H29ClN4O2. The number of para-hydroxylation sites is 1. The average molecular weight is 477 g/mol. The van der Waals surface area contributed by atoms with Crippen molar-refractivity contribution in [2.75, 3.05) is 29.4 Å². The standard InChI is InChI=1S/C27H29ClN4O2/c1-17-15-31(16-18(2)30-17)25-14-20(10-11-29-25)22-6-3-5-21(27(22)34)19-8-9-24(23(28)13-19)32-12-4-7-26(32)33/h3,5-6,8-11,13-14,17-18,30,34H,4,7,12,15-16H2,1-2H3/t17-,18?/m1/s1. The van der Waals surface area contributed by atoms with E-state index < -0.39 is 0 Å². The fourth-order valence-electron chi connectivity index (χ4n) is 5.08. The van der Waals surface area contributed by atoms with Crippen molar-refractivity contribution in [2.24, 2.45) is 0 Å². The third kappa shape index (κ3) is 4.36. The highest BCUT2D eigenvalue weighted by Gasteiger charge is 2.25. The quantitative estimate of drug-likeness (QED) is 0.549. The van der Waals surface area contributed by atoms with Gasteiger partial charge < -0.3 is 20.2 Å². The van der Waals surface area contributed by atoms with Crippen LogP contribution in [0.5, 0.6) is 5.75 Å². The van der Waals surface area contributed by atoms with Crippen LogP contribution < -0.4 is 15.1 Å². The summed E-state index contributed by atoms with van der Waals surface area (Å²) in [6, 6.07) is 16.1. The number of halogens is 1. The van der Waals surface area contributed by atoms with Gasteiger partial charge in [0.15, 0.2) is 0 Å². The van der Waals surface area contributed by atoms with Gasteiger partial charge >= 0.3 is 0 Å². The van der Waals surface area contributed by atoms with E-state index in [1.165, 1.54) is 0 Å². The number of piperazine rings is 1. The highest BCUT2D eigenvalue weighted by Crippen LogP contribution is 2.41. The van der Waals surface area contributed by atoms with Gasteiger partial charge in [0.1, 0.15) is 11.6 Å². The van der Waals surface area contributed by atoms with Gasteiger partial charge in [-0.05, 0) is 55.7 Å². The number of nitrogens with one attached hydrogen (secondary N) is 1. The maximum Gasteiger partial charge on any atom is 0.227 e. The lowest BCUT2D eigenvalue weighted by atomic mass is 9.97. The number of benzene rings is 2. The van der Waals surface area contributed by atoms with Crippen LogP contribution in [0.1, 0.15) is 26.7 Å². The Kier molecular flexibility index (Phi) is 6.19. The molecule has 2 atom stereocenters. The zero-order chi connectivity index (χ0) is 23.8. The Labute approximate surface area is 205 Å². The van der Waals surface area contributed by atoms with Gasteiger partial charge in [0.2, 0.25) is 5.91 Å². The number of hydrogen-bond donors (Lipinski definition) is 2. The van der Waals surface area contributed by atoms with E-state index in [1.54, 1.807) is 11.1 Å². The van der Waals surface area contributed by atoms with Gasteiger partial charge in [-0.3, -0.25) is 4.79 Å². The van der Waals surface area contributed by atoms with Crippen LogP contribution in [-0.2, 0) is 4.79 Å². The molecule has 34 heavy (non-hydrogen) atoms. The summed E-state index contributed by atoms with van der Waals surface area (Å²) in [5, 5.41) is 15.3. The summed E-state index contributed by atoms with van der Waals surface area (Å²) < 4.78 is 0. The summed E-state index contributed by atoms with van der Waals surface area (Å²) in [5.74, 6) is 1.20. The molecular weight excluding hydrogens is 448 g/mol. The van der Waals surface area contributed by atoms with Crippen LogP contribution >= 0.6 is 11.6 Å². The Hall–Kier alpha value is -3.09. The maximum absolute atomic E-state index is 12.1. The average Bonchev–Trinajstić information content (AvgIpc) is 3.24. The summed E-state index contributed by atoms with van der Waals surface area (Å²) >= 11 is 6.57. The third-order valence-electron chi connectivity index (χ3n) is 6.60. The lowest BCUT2D eigenvalue weighted by Gasteiger charge is -2.37. The van der Waals surface area contributed by atoms with Crippen molar-refractivity contribution < 1.29 is 9.90 Å². The number of amides is 1. The van der Waals surface area contributed by atoms with E-state index in [0.717, 1.165) is 47.7 Å². The van der Waals surface area contributed by atoms with Crippen LogP contribution in [0.15, 0.2) is 54.7 Å². The molecule has 2 aliphatic heterocycles. The van der Waals surface area contributed by atoms with Gasteiger partial charge in [-0.25, -0.2) is 4.98 Å². The molecule has 7 heteroatoms. The highest BCUT2D eigenvalue weighted by molar-refractivity contribution is 6.34. The first-order valence-electron chi connectivity index (χ1n) is 11.8. The SMILES string of the molecule is CC1CN(c2cc(-c3cccc(-c4ccc(N5CCCC5=O)c(Cl)c4)c3O)ccn2)C[C@@H](C)N1. The number of aromatic hydroxyl groups is 1. The number of hydrogen-bond acceptors (Lipinski definition) is 5. The zero-order valence-corrected chi connectivity index (χ0v) is 20.2. The smallest absolute Gasteiger partial charge is 0.227 e. The summed E-state index contributed by atoms with van der Waals surface area (Å²) in [6.07, 6.45) is 3.20. The molecule has 176 valence electrons. The fourth-order valence-corrected chi connectivity index (χ4v) is 5.36. The number of phenols is 1. The van der Waals surface area contributed by atoms with Gasteiger partial charge in [-0.1, -0.05) is 35.9 Å². The molecule has 2 saturated heterocycles. The van der Waals surface area contributed by atoms with Crippen molar-refractivity contribution in [2.45, 2.75) is 38.8 Å². The van der Waals surface area contributed by atoms with Gasteiger partial charge in [0.25, 0.3) is 0 Å². The van der Waals surface area contributed by atoms with Gasteiger partial charge in [-0.15, -0.1) is 0 Å². The number of anilines is 2. The molecule has 3 heterocycles. The van der Waals surface area contributed by atoms with E-state index in [2.05, 4.69) is 29.0 Å². The topological polar surface area (TPSA) is 68.7 Å². The molecule has 5 rings (SSSR count). The fraction of sp³-hybridized carbons (Fsp3) is 0.333. The number of nitrogens with zero attached hydrogens (tertiary/aromatic N) is 3. The Morgan fingerprint density at radius 1 is 1.03 bits per heavy atom. The lowest BCUT2D eigenvalue weighted by Crippen LogP contribution is -2.54. The molecule has 0 bridgehead atoms. The summed E-state index contributed by atoms with van der Waals surface area (Å²) in [7, 11) is 0. The van der Waals surface area contributed by atoms with Crippen molar-refractivity contribution in [1.82, 2.24) is 10.3 Å². The van der Waals surface area contributed by atoms with Crippen LogP contribution in [-0.4, -0.2) is 47.7 Å². The zero-order valence-electron chi connectivity index (χ0n) is 19.5. The van der Waals surface area contributed by atoms with Crippen molar-refractivity contribution in [1.29, 1.82) is 0 Å². The summed E-state index contributed by atoms with van der Waals surface area (Å²) in [4.78, 5) is 20.8. The van der Waals surface area contributed by atoms with Crippen molar-refractivity contribution >= 4 is 29.0 Å². The van der Waals surface area contributed by atoms with E-state index in [9.17, 15) is 9.90 Å². The van der Waals surface area contributed by atoms with Gasteiger partial charge in [0, 0.05) is 55.5 Å². The van der Waals surface area contributed by atoms with Crippen molar-refractivity contribution in [3.05, 3.63) is 59.8 Å². The largest absolute Gasteiger partial charge is 0.507 e. The van der Waals surface area contributed by atoms with Crippen molar-refractivity contribution in [3.8, 4) is 28.0 Å². The molecule has 2 aliphatic rings. The first-order chi connectivity index (χ1) is 16.4. The Morgan fingerprint density at radius 3 is 2.38 bits per heavy atom. The van der Waals surface area contributed by atoms with E-state index in [0.29, 0.717) is 35.6 Å². The van der Waals surface area contributed by atoms with E-state index in [4.69, 9.17) is 11.6 Å². The molecule has 0 radical (unpaired) electrons. The second-order valence-corrected chi connectivity index (χ2v) is 9.70. The maximum atomic E-state index is 12.1. The first-order valence-corrected chi connectivity index (χ1v) is 12.2. The number of rotatable bonds is 4. The van der Waals surface area contributed by atoms with Gasteiger partial charge in [0.05, 0.1) is 10.7 Å². The molecule has 0 spiro atoms. The molecule has 3 aromatic rings. The van der Waals surface area contributed by atoms with Crippen LogP contribution in [0.3, 0.4) is 0 Å². The monoisotopic (exact) mass is 476 g/mol. The summed E-state index contributed by atoms with van der Waals surface area (Å²) in [5.41, 5.74) is 3.88.